The maximum Gasteiger partial charge on any atom is 0.248 e. The fraction of sp³-hybridized carbons (Fsp3) is 0.286. The molecule has 1 atom stereocenters. The Labute approximate surface area is 210 Å². The highest BCUT2D eigenvalue weighted by atomic mass is 19.1. The number of benzene rings is 2. The molecule has 0 fully saturated rings. The first-order valence-corrected chi connectivity index (χ1v) is 12.0. The third-order valence-corrected chi connectivity index (χ3v) is 5.52. The number of carbonyl (C=O) groups excluding carboxylic acids is 3. The Bertz CT molecular complexity index is 1180. The first kappa shape index (κ1) is 26.5. The van der Waals surface area contributed by atoms with Crippen molar-refractivity contribution in [2.75, 3.05) is 10.2 Å². The molecule has 1 aromatic heterocycles. The van der Waals surface area contributed by atoms with Crippen LogP contribution in [-0.2, 0) is 20.8 Å². The largest absolute Gasteiger partial charge is 0.352 e. The normalized spacial score (nSPS) is 11.6. The van der Waals surface area contributed by atoms with E-state index in [1.807, 2.05) is 32.9 Å². The van der Waals surface area contributed by atoms with Crippen LogP contribution in [0, 0.1) is 5.82 Å². The van der Waals surface area contributed by atoms with Gasteiger partial charge in [0.2, 0.25) is 17.7 Å². The highest BCUT2D eigenvalue weighted by Gasteiger charge is 2.34. The fourth-order valence-corrected chi connectivity index (χ4v) is 3.87. The van der Waals surface area contributed by atoms with Gasteiger partial charge in [-0.2, -0.15) is 0 Å². The van der Waals surface area contributed by atoms with E-state index in [1.54, 1.807) is 36.5 Å². The van der Waals surface area contributed by atoms with Crippen LogP contribution in [-0.4, -0.2) is 28.7 Å². The number of anilines is 2. The van der Waals surface area contributed by atoms with Crippen LogP contribution in [0.4, 0.5) is 15.9 Å². The minimum absolute atomic E-state index is 0.0951. The van der Waals surface area contributed by atoms with Gasteiger partial charge in [0.1, 0.15) is 17.7 Å². The molecule has 1 heterocycles. The van der Waals surface area contributed by atoms with E-state index < -0.39 is 23.7 Å². The molecule has 7 nitrogen and oxygen atoms in total. The Balaban J connectivity index is 1.97. The maximum absolute atomic E-state index is 13.7. The SMILES string of the molecule is CCc1ccccc1N(C(=O)CCC(=O)Nc1ccccn1)C(C(=O)NC(C)C)c1ccc(F)cc1. The van der Waals surface area contributed by atoms with Crippen molar-refractivity contribution < 1.29 is 18.8 Å². The number of halogens is 1. The Morgan fingerprint density at radius 1 is 0.944 bits per heavy atom. The van der Waals surface area contributed by atoms with Gasteiger partial charge in [-0.1, -0.05) is 43.3 Å². The zero-order valence-corrected chi connectivity index (χ0v) is 20.7. The van der Waals surface area contributed by atoms with E-state index in [9.17, 15) is 18.8 Å². The highest BCUT2D eigenvalue weighted by Crippen LogP contribution is 2.32. The second kappa shape index (κ2) is 12.6. The van der Waals surface area contributed by atoms with Gasteiger partial charge < -0.3 is 10.6 Å². The van der Waals surface area contributed by atoms with Gasteiger partial charge >= 0.3 is 0 Å². The third kappa shape index (κ3) is 6.97. The van der Waals surface area contributed by atoms with Crippen molar-refractivity contribution in [1.82, 2.24) is 10.3 Å². The average molecular weight is 491 g/mol. The van der Waals surface area contributed by atoms with Crippen molar-refractivity contribution in [1.29, 1.82) is 0 Å². The molecule has 2 N–H and O–H groups in total. The van der Waals surface area contributed by atoms with E-state index in [-0.39, 0.29) is 24.8 Å². The molecular formula is C28H31FN4O3. The fourth-order valence-electron chi connectivity index (χ4n) is 3.87. The number of hydrogen-bond acceptors (Lipinski definition) is 4. The Kier molecular flexibility index (Phi) is 9.27. The van der Waals surface area contributed by atoms with Crippen molar-refractivity contribution >= 4 is 29.2 Å². The Morgan fingerprint density at radius 3 is 2.28 bits per heavy atom. The smallest absolute Gasteiger partial charge is 0.248 e. The van der Waals surface area contributed by atoms with Gasteiger partial charge in [-0.15, -0.1) is 0 Å². The molecule has 3 amide bonds. The number of pyridine rings is 1. The topological polar surface area (TPSA) is 91.4 Å². The van der Waals surface area contributed by atoms with Crippen LogP contribution >= 0.6 is 0 Å². The summed E-state index contributed by atoms with van der Waals surface area (Å²) in [5.41, 5.74) is 1.91. The molecule has 0 saturated heterocycles. The second-order valence-electron chi connectivity index (χ2n) is 8.63. The summed E-state index contributed by atoms with van der Waals surface area (Å²) in [6, 6.07) is 16.8. The minimum Gasteiger partial charge on any atom is -0.352 e. The molecule has 0 radical (unpaired) electrons. The van der Waals surface area contributed by atoms with E-state index in [0.29, 0.717) is 23.5 Å². The van der Waals surface area contributed by atoms with Crippen LogP contribution in [0.1, 0.15) is 50.8 Å². The van der Waals surface area contributed by atoms with Crippen LogP contribution in [0.25, 0.3) is 0 Å². The number of amides is 3. The number of para-hydroxylation sites is 1. The molecular weight excluding hydrogens is 459 g/mol. The molecule has 0 aliphatic heterocycles. The standard InChI is InChI=1S/C28H31FN4O3/c1-4-20-9-5-6-10-23(20)33(26(35)17-16-25(34)32-24-11-7-8-18-30-24)27(28(36)31-19(2)3)21-12-14-22(29)15-13-21/h5-15,18-19,27H,4,16-17H2,1-3H3,(H,31,36)(H,30,32,34). The highest BCUT2D eigenvalue weighted by molar-refractivity contribution is 6.03. The number of carbonyl (C=O) groups is 3. The van der Waals surface area contributed by atoms with Gasteiger partial charge in [0.15, 0.2) is 0 Å². The molecule has 3 rings (SSSR count). The van der Waals surface area contributed by atoms with Gasteiger partial charge in [0, 0.05) is 30.8 Å². The number of aromatic nitrogens is 1. The molecule has 2 aromatic carbocycles. The van der Waals surface area contributed by atoms with E-state index >= 15 is 0 Å². The van der Waals surface area contributed by atoms with Crippen LogP contribution in [0.5, 0.6) is 0 Å². The number of aryl methyl sites for hydroxylation is 1. The Morgan fingerprint density at radius 2 is 1.64 bits per heavy atom. The quantitative estimate of drug-likeness (QED) is 0.427. The van der Waals surface area contributed by atoms with Gasteiger partial charge in [-0.25, -0.2) is 9.37 Å². The second-order valence-corrected chi connectivity index (χ2v) is 8.63. The van der Waals surface area contributed by atoms with E-state index in [2.05, 4.69) is 15.6 Å². The van der Waals surface area contributed by atoms with E-state index in [0.717, 1.165) is 5.56 Å². The number of nitrogens with zero attached hydrogens (tertiary/aromatic N) is 2. The molecule has 3 aromatic rings. The molecule has 1 unspecified atom stereocenters. The molecule has 0 bridgehead atoms. The lowest BCUT2D eigenvalue weighted by Gasteiger charge is -2.33. The third-order valence-electron chi connectivity index (χ3n) is 5.52. The van der Waals surface area contributed by atoms with Crippen molar-refractivity contribution in [3.63, 3.8) is 0 Å². The molecule has 0 aliphatic carbocycles. The monoisotopic (exact) mass is 490 g/mol. The van der Waals surface area contributed by atoms with Gasteiger partial charge in [0.05, 0.1) is 0 Å². The first-order valence-electron chi connectivity index (χ1n) is 12.0. The van der Waals surface area contributed by atoms with Gasteiger partial charge in [-0.05, 0) is 61.7 Å². The molecule has 8 heteroatoms. The van der Waals surface area contributed by atoms with E-state index in [1.165, 1.54) is 29.2 Å². The summed E-state index contributed by atoms with van der Waals surface area (Å²) in [5, 5.41) is 5.55. The van der Waals surface area contributed by atoms with Crippen molar-refractivity contribution in [3.8, 4) is 0 Å². The summed E-state index contributed by atoms with van der Waals surface area (Å²) in [5.74, 6) is -1.21. The van der Waals surface area contributed by atoms with Crippen molar-refractivity contribution in [2.45, 2.75) is 52.1 Å². The maximum atomic E-state index is 13.7. The lowest BCUT2D eigenvalue weighted by atomic mass is 9.99. The summed E-state index contributed by atoms with van der Waals surface area (Å²) in [7, 11) is 0. The van der Waals surface area contributed by atoms with Gasteiger partial charge in [0.25, 0.3) is 0 Å². The Hall–Kier alpha value is -4.07. The van der Waals surface area contributed by atoms with Crippen LogP contribution < -0.4 is 15.5 Å². The van der Waals surface area contributed by atoms with Crippen LogP contribution in [0.15, 0.2) is 72.9 Å². The van der Waals surface area contributed by atoms with E-state index in [4.69, 9.17) is 0 Å². The summed E-state index contributed by atoms with van der Waals surface area (Å²) >= 11 is 0. The number of rotatable bonds is 10. The van der Waals surface area contributed by atoms with Crippen molar-refractivity contribution in [3.05, 3.63) is 89.9 Å². The predicted octanol–water partition coefficient (Wildman–Crippen LogP) is 4.80. The summed E-state index contributed by atoms with van der Waals surface area (Å²) in [4.78, 5) is 45.2. The predicted molar refractivity (Wildman–Crippen MR) is 138 cm³/mol. The molecule has 0 saturated carbocycles. The zero-order chi connectivity index (χ0) is 26.1. The minimum atomic E-state index is -1.05. The lowest BCUT2D eigenvalue weighted by molar-refractivity contribution is -0.127. The van der Waals surface area contributed by atoms with Crippen LogP contribution in [0.2, 0.25) is 0 Å². The zero-order valence-electron chi connectivity index (χ0n) is 20.7. The first-order chi connectivity index (χ1) is 17.3. The average Bonchev–Trinajstić information content (AvgIpc) is 2.86. The molecule has 0 aliphatic rings. The molecule has 36 heavy (non-hydrogen) atoms. The molecule has 188 valence electrons. The van der Waals surface area contributed by atoms with Crippen molar-refractivity contribution in [2.24, 2.45) is 0 Å². The molecule has 0 spiro atoms. The summed E-state index contributed by atoms with van der Waals surface area (Å²) in [6.07, 6.45) is 1.96. The van der Waals surface area contributed by atoms with Crippen LogP contribution in [0.3, 0.4) is 0 Å². The summed E-state index contributed by atoms with van der Waals surface area (Å²) in [6.45, 7) is 5.62. The number of nitrogens with one attached hydrogen (secondary N) is 2. The lowest BCUT2D eigenvalue weighted by Crippen LogP contribution is -2.46. The summed E-state index contributed by atoms with van der Waals surface area (Å²) < 4.78 is 13.7. The van der Waals surface area contributed by atoms with Gasteiger partial charge in [-0.3, -0.25) is 19.3 Å². The number of hydrogen-bond donors (Lipinski definition) is 2.